The highest BCUT2D eigenvalue weighted by atomic mass is 19.1. The van der Waals surface area contributed by atoms with E-state index in [0.29, 0.717) is 13.0 Å². The number of nitrogens with one attached hydrogen (secondary N) is 2. The van der Waals surface area contributed by atoms with E-state index in [2.05, 4.69) is 10.6 Å². The second-order valence-corrected chi connectivity index (χ2v) is 4.00. The number of rotatable bonds is 4. The lowest BCUT2D eigenvalue weighted by atomic mass is 10.2. The molecule has 3 N–H and O–H groups in total. The number of benzene rings is 1. The summed E-state index contributed by atoms with van der Waals surface area (Å²) in [6.07, 6.45) is -0.00418. The summed E-state index contributed by atoms with van der Waals surface area (Å²) in [4.78, 5) is 11.4. The molecule has 0 aromatic heterocycles. The highest BCUT2D eigenvalue weighted by Crippen LogP contribution is 2.14. The van der Waals surface area contributed by atoms with Crippen molar-refractivity contribution in [3.63, 3.8) is 0 Å². The van der Waals surface area contributed by atoms with Gasteiger partial charge in [-0.1, -0.05) is 6.07 Å². The molecular formula is C12H17FN2O2. The van der Waals surface area contributed by atoms with Crippen molar-refractivity contribution < 1.29 is 14.3 Å². The predicted molar refractivity (Wildman–Crippen MR) is 64.5 cm³/mol. The molecule has 1 rings (SSSR count). The van der Waals surface area contributed by atoms with Crippen LogP contribution in [0, 0.1) is 12.7 Å². The largest absolute Gasteiger partial charge is 0.393 e. The lowest BCUT2D eigenvalue weighted by Crippen LogP contribution is -2.31. The molecule has 4 nitrogen and oxygen atoms in total. The smallest absolute Gasteiger partial charge is 0.319 e. The number of halogens is 1. The van der Waals surface area contributed by atoms with Crippen LogP contribution in [-0.2, 0) is 0 Å². The first-order chi connectivity index (χ1) is 7.99. The van der Waals surface area contributed by atoms with Gasteiger partial charge in [-0.05, 0) is 38.0 Å². The molecule has 0 radical (unpaired) electrons. The molecule has 0 fully saturated rings. The number of carbonyl (C=O) groups is 1. The molecule has 1 aromatic rings. The number of aliphatic hydroxyl groups is 1. The average molecular weight is 240 g/mol. The zero-order chi connectivity index (χ0) is 12.8. The van der Waals surface area contributed by atoms with Gasteiger partial charge in [0.15, 0.2) is 0 Å². The Morgan fingerprint density at radius 1 is 1.53 bits per heavy atom. The van der Waals surface area contributed by atoms with Crippen LogP contribution in [0.25, 0.3) is 0 Å². The van der Waals surface area contributed by atoms with Gasteiger partial charge in [0.25, 0.3) is 0 Å². The fraction of sp³-hybridized carbons (Fsp3) is 0.417. The minimum atomic E-state index is -0.478. The van der Waals surface area contributed by atoms with Gasteiger partial charge in [0.2, 0.25) is 0 Å². The van der Waals surface area contributed by atoms with Crippen molar-refractivity contribution in [1.82, 2.24) is 5.32 Å². The van der Waals surface area contributed by atoms with Crippen molar-refractivity contribution in [2.75, 3.05) is 11.9 Å². The van der Waals surface area contributed by atoms with E-state index < -0.39 is 18.0 Å². The van der Waals surface area contributed by atoms with Crippen molar-refractivity contribution in [2.45, 2.75) is 26.4 Å². The molecule has 0 saturated carbocycles. The van der Waals surface area contributed by atoms with E-state index in [9.17, 15) is 9.18 Å². The third-order valence-corrected chi connectivity index (χ3v) is 2.22. The maximum Gasteiger partial charge on any atom is 0.319 e. The molecule has 0 saturated heterocycles. The molecule has 0 aliphatic rings. The standard InChI is InChI=1S/C12H17FN2O2/c1-8-3-4-11(10(13)7-8)15-12(17)14-6-5-9(2)16/h3-4,7,9,16H,5-6H2,1-2H3,(H2,14,15,17). The van der Waals surface area contributed by atoms with Gasteiger partial charge >= 0.3 is 6.03 Å². The highest BCUT2D eigenvalue weighted by Gasteiger charge is 2.06. The molecule has 17 heavy (non-hydrogen) atoms. The van der Waals surface area contributed by atoms with Crippen molar-refractivity contribution >= 4 is 11.7 Å². The minimum absolute atomic E-state index is 0.144. The molecule has 0 spiro atoms. The van der Waals surface area contributed by atoms with Crippen molar-refractivity contribution in [2.24, 2.45) is 0 Å². The lowest BCUT2D eigenvalue weighted by Gasteiger charge is -2.09. The lowest BCUT2D eigenvalue weighted by molar-refractivity contribution is 0.184. The molecule has 0 aliphatic heterocycles. The summed E-state index contributed by atoms with van der Waals surface area (Å²) in [7, 11) is 0. The molecular weight excluding hydrogens is 223 g/mol. The van der Waals surface area contributed by atoms with Crippen LogP contribution < -0.4 is 10.6 Å². The molecule has 0 heterocycles. The summed E-state index contributed by atoms with van der Waals surface area (Å²) < 4.78 is 13.4. The van der Waals surface area contributed by atoms with Crippen LogP contribution >= 0.6 is 0 Å². The number of hydrogen-bond acceptors (Lipinski definition) is 2. The van der Waals surface area contributed by atoms with Gasteiger partial charge < -0.3 is 15.7 Å². The number of aliphatic hydroxyl groups excluding tert-OH is 1. The molecule has 1 aromatic carbocycles. The van der Waals surface area contributed by atoms with Crippen LogP contribution in [-0.4, -0.2) is 23.8 Å². The third-order valence-electron chi connectivity index (χ3n) is 2.22. The number of urea groups is 1. The summed E-state index contributed by atoms with van der Waals surface area (Å²) in [5, 5.41) is 13.9. The first kappa shape index (κ1) is 13.4. The maximum absolute atomic E-state index is 13.4. The SMILES string of the molecule is Cc1ccc(NC(=O)NCCC(C)O)c(F)c1. The Labute approximate surface area is 99.8 Å². The van der Waals surface area contributed by atoms with Crippen LogP contribution in [0.2, 0.25) is 0 Å². The van der Waals surface area contributed by atoms with Crippen molar-refractivity contribution in [1.29, 1.82) is 0 Å². The van der Waals surface area contributed by atoms with E-state index >= 15 is 0 Å². The van der Waals surface area contributed by atoms with E-state index in [1.807, 2.05) is 0 Å². The van der Waals surface area contributed by atoms with E-state index in [0.717, 1.165) is 5.56 Å². The Bertz CT molecular complexity index is 394. The van der Waals surface area contributed by atoms with Gasteiger partial charge in [0, 0.05) is 6.54 Å². The van der Waals surface area contributed by atoms with Gasteiger partial charge in [-0.15, -0.1) is 0 Å². The zero-order valence-electron chi connectivity index (χ0n) is 9.96. The predicted octanol–water partition coefficient (Wildman–Crippen LogP) is 2.03. The van der Waals surface area contributed by atoms with E-state index in [-0.39, 0.29) is 5.69 Å². The van der Waals surface area contributed by atoms with Gasteiger partial charge in [0.05, 0.1) is 11.8 Å². The average Bonchev–Trinajstić information content (AvgIpc) is 2.21. The minimum Gasteiger partial charge on any atom is -0.393 e. The summed E-state index contributed by atoms with van der Waals surface area (Å²) >= 11 is 0. The first-order valence-electron chi connectivity index (χ1n) is 5.48. The van der Waals surface area contributed by atoms with E-state index in [1.165, 1.54) is 12.1 Å². The summed E-state index contributed by atoms with van der Waals surface area (Å²) in [5.74, 6) is -0.462. The van der Waals surface area contributed by atoms with Crippen LogP contribution in [0.1, 0.15) is 18.9 Å². The van der Waals surface area contributed by atoms with Crippen LogP contribution in [0.3, 0.4) is 0 Å². The van der Waals surface area contributed by atoms with Gasteiger partial charge in [0.1, 0.15) is 5.82 Å². The Morgan fingerprint density at radius 2 is 2.24 bits per heavy atom. The number of carbonyl (C=O) groups excluding carboxylic acids is 1. The summed E-state index contributed by atoms with van der Waals surface area (Å²) in [6.45, 7) is 3.76. The number of hydrogen-bond donors (Lipinski definition) is 3. The number of anilines is 1. The Morgan fingerprint density at radius 3 is 2.82 bits per heavy atom. The van der Waals surface area contributed by atoms with Crippen molar-refractivity contribution in [3.05, 3.63) is 29.6 Å². The van der Waals surface area contributed by atoms with Crippen LogP contribution in [0.4, 0.5) is 14.9 Å². The molecule has 0 aliphatic carbocycles. The van der Waals surface area contributed by atoms with Gasteiger partial charge in [-0.25, -0.2) is 9.18 Å². The van der Waals surface area contributed by atoms with Gasteiger partial charge in [-0.3, -0.25) is 0 Å². The summed E-state index contributed by atoms with van der Waals surface area (Å²) in [5.41, 5.74) is 0.938. The van der Waals surface area contributed by atoms with Gasteiger partial charge in [-0.2, -0.15) is 0 Å². The second-order valence-electron chi connectivity index (χ2n) is 4.00. The Kier molecular flexibility index (Phi) is 4.90. The highest BCUT2D eigenvalue weighted by molar-refractivity contribution is 5.89. The normalized spacial score (nSPS) is 12.0. The monoisotopic (exact) mass is 240 g/mol. The van der Waals surface area contributed by atoms with E-state index in [4.69, 9.17) is 5.11 Å². The van der Waals surface area contributed by atoms with Crippen LogP contribution in [0.15, 0.2) is 18.2 Å². The van der Waals surface area contributed by atoms with E-state index in [1.54, 1.807) is 19.9 Å². The number of amides is 2. The Hall–Kier alpha value is -1.62. The molecule has 94 valence electrons. The topological polar surface area (TPSA) is 61.4 Å². The zero-order valence-corrected chi connectivity index (χ0v) is 9.96. The number of aryl methyl sites for hydroxylation is 1. The molecule has 1 unspecified atom stereocenters. The van der Waals surface area contributed by atoms with Crippen LogP contribution in [0.5, 0.6) is 0 Å². The first-order valence-corrected chi connectivity index (χ1v) is 5.48. The fourth-order valence-corrected chi connectivity index (χ4v) is 1.28. The maximum atomic E-state index is 13.4. The molecule has 0 bridgehead atoms. The summed E-state index contributed by atoms with van der Waals surface area (Å²) in [6, 6.07) is 4.10. The molecule has 2 amide bonds. The Balaban J connectivity index is 2.45. The van der Waals surface area contributed by atoms with Crippen molar-refractivity contribution in [3.8, 4) is 0 Å². The quantitative estimate of drug-likeness (QED) is 0.754. The molecule has 1 atom stereocenters. The molecule has 5 heteroatoms. The fourth-order valence-electron chi connectivity index (χ4n) is 1.28. The second kappa shape index (κ2) is 6.20. The third kappa shape index (κ3) is 4.82.